The topological polar surface area (TPSA) is 22.2 Å². The fourth-order valence-corrected chi connectivity index (χ4v) is 1.77. The average Bonchev–Trinajstić information content (AvgIpc) is 2.80. The molecule has 0 saturated heterocycles. The zero-order valence-electron chi connectivity index (χ0n) is 7.84. The van der Waals surface area contributed by atoms with Gasteiger partial charge in [0.2, 0.25) is 0 Å². The number of hydrogen-bond donors (Lipinski definition) is 0. The minimum atomic E-state index is 0.746. The largest absolute Gasteiger partial charge is 0.300 e. The molecule has 74 valence electrons. The van der Waals surface area contributed by atoms with Gasteiger partial charge in [-0.2, -0.15) is 5.10 Å². The summed E-state index contributed by atoms with van der Waals surface area (Å²) < 4.78 is 3.89. The monoisotopic (exact) mass is 217 g/mol. The summed E-state index contributed by atoms with van der Waals surface area (Å²) in [6.07, 6.45) is 5.68. The lowest BCUT2D eigenvalue weighted by atomic mass is 10.3. The van der Waals surface area contributed by atoms with Gasteiger partial charge in [-0.25, -0.2) is 4.52 Å². The Bertz CT molecular complexity index is 592. The van der Waals surface area contributed by atoms with Gasteiger partial charge in [-0.1, -0.05) is 11.6 Å². The molecule has 3 rings (SSSR count). The number of hydrogen-bond acceptors (Lipinski definition) is 1. The van der Waals surface area contributed by atoms with Crippen LogP contribution >= 0.6 is 11.6 Å². The summed E-state index contributed by atoms with van der Waals surface area (Å²) in [5.74, 6) is 0. The Morgan fingerprint density at radius 2 is 1.80 bits per heavy atom. The molecule has 0 saturated carbocycles. The van der Waals surface area contributed by atoms with Crippen molar-refractivity contribution in [2.75, 3.05) is 0 Å². The summed E-state index contributed by atoms with van der Waals surface area (Å²) in [6.45, 7) is 0. The summed E-state index contributed by atoms with van der Waals surface area (Å²) in [4.78, 5) is 0. The molecule has 3 nitrogen and oxygen atoms in total. The van der Waals surface area contributed by atoms with Gasteiger partial charge in [-0.15, -0.1) is 0 Å². The van der Waals surface area contributed by atoms with E-state index in [4.69, 9.17) is 11.6 Å². The van der Waals surface area contributed by atoms with Crippen LogP contribution in [0.25, 0.3) is 11.3 Å². The van der Waals surface area contributed by atoms with Crippen molar-refractivity contribution in [3.05, 3.63) is 53.9 Å². The summed E-state index contributed by atoms with van der Waals surface area (Å²) in [5, 5.41) is 4.90. The highest BCUT2D eigenvalue weighted by Gasteiger charge is 2.02. The highest BCUT2D eigenvalue weighted by atomic mass is 35.5. The van der Waals surface area contributed by atoms with Crippen LogP contribution in [0.1, 0.15) is 0 Å². The van der Waals surface area contributed by atoms with E-state index in [-0.39, 0.29) is 0 Å². The van der Waals surface area contributed by atoms with Crippen LogP contribution in [0.2, 0.25) is 5.02 Å². The summed E-state index contributed by atoms with van der Waals surface area (Å²) >= 11 is 5.84. The molecule has 0 aliphatic carbocycles. The third-order valence-electron chi connectivity index (χ3n) is 2.36. The quantitative estimate of drug-likeness (QED) is 0.615. The Hall–Kier alpha value is -1.74. The second-order valence-corrected chi connectivity index (χ2v) is 3.71. The number of fused-ring (bicyclic) bond motifs is 1. The first-order valence-electron chi connectivity index (χ1n) is 4.61. The molecule has 0 bridgehead atoms. The maximum atomic E-state index is 5.84. The molecule has 4 heteroatoms. The number of nitrogens with zero attached hydrogens (tertiary/aromatic N) is 3. The zero-order valence-corrected chi connectivity index (χ0v) is 8.59. The van der Waals surface area contributed by atoms with Gasteiger partial charge in [-0.3, -0.25) is 0 Å². The number of imidazole rings is 1. The van der Waals surface area contributed by atoms with Crippen molar-refractivity contribution >= 4 is 17.2 Å². The van der Waals surface area contributed by atoms with Crippen molar-refractivity contribution in [1.82, 2.24) is 14.2 Å². The number of aromatic nitrogens is 3. The molecule has 1 aromatic carbocycles. The lowest BCUT2D eigenvalue weighted by molar-refractivity contribution is 0.965. The molecule has 0 aliphatic rings. The highest BCUT2D eigenvalue weighted by molar-refractivity contribution is 6.30. The van der Waals surface area contributed by atoms with Crippen LogP contribution < -0.4 is 0 Å². The van der Waals surface area contributed by atoms with E-state index < -0.39 is 0 Å². The first-order chi connectivity index (χ1) is 7.34. The van der Waals surface area contributed by atoms with E-state index in [1.54, 1.807) is 6.20 Å². The molecule has 0 atom stereocenters. The van der Waals surface area contributed by atoms with Crippen molar-refractivity contribution in [3.8, 4) is 5.69 Å². The smallest absolute Gasteiger partial charge is 0.140 e. The van der Waals surface area contributed by atoms with Crippen LogP contribution in [0.3, 0.4) is 0 Å². The molecular formula is C11H8ClN3. The Balaban J connectivity index is 2.21. The fraction of sp³-hybridized carbons (Fsp3) is 0. The molecule has 0 fully saturated rings. The first kappa shape index (κ1) is 8.56. The molecule has 2 heterocycles. The maximum Gasteiger partial charge on any atom is 0.140 e. The van der Waals surface area contributed by atoms with Crippen molar-refractivity contribution < 1.29 is 0 Å². The van der Waals surface area contributed by atoms with Gasteiger partial charge >= 0.3 is 0 Å². The van der Waals surface area contributed by atoms with E-state index in [0.717, 1.165) is 16.4 Å². The molecule has 0 radical (unpaired) electrons. The second-order valence-electron chi connectivity index (χ2n) is 3.28. The van der Waals surface area contributed by atoms with Gasteiger partial charge in [0, 0.05) is 29.2 Å². The van der Waals surface area contributed by atoms with Gasteiger partial charge in [0.1, 0.15) is 5.65 Å². The predicted octanol–water partition coefficient (Wildman–Crippen LogP) is 2.78. The molecule has 15 heavy (non-hydrogen) atoms. The van der Waals surface area contributed by atoms with Gasteiger partial charge in [-0.05, 0) is 24.3 Å². The van der Waals surface area contributed by atoms with E-state index in [2.05, 4.69) is 9.67 Å². The Labute approximate surface area is 91.5 Å². The molecule has 0 unspecified atom stereocenters. The van der Waals surface area contributed by atoms with E-state index in [0.29, 0.717) is 0 Å². The number of benzene rings is 1. The van der Waals surface area contributed by atoms with E-state index in [1.807, 2.05) is 47.2 Å². The Morgan fingerprint density at radius 1 is 1.00 bits per heavy atom. The lowest BCUT2D eigenvalue weighted by Crippen LogP contribution is -1.91. The van der Waals surface area contributed by atoms with Crippen molar-refractivity contribution in [1.29, 1.82) is 0 Å². The van der Waals surface area contributed by atoms with Crippen molar-refractivity contribution in [2.45, 2.75) is 0 Å². The number of halogens is 1. The Morgan fingerprint density at radius 3 is 2.60 bits per heavy atom. The van der Waals surface area contributed by atoms with Crippen LogP contribution in [0.4, 0.5) is 0 Å². The third-order valence-corrected chi connectivity index (χ3v) is 2.61. The highest BCUT2D eigenvalue weighted by Crippen LogP contribution is 2.16. The van der Waals surface area contributed by atoms with Crippen molar-refractivity contribution in [2.24, 2.45) is 0 Å². The maximum absolute atomic E-state index is 5.84. The minimum Gasteiger partial charge on any atom is -0.300 e. The standard InChI is InChI=1S/C11H8ClN3/c12-9-1-3-10(4-2-9)14-7-8-15-11(14)5-6-13-15/h1-8H. The van der Waals surface area contributed by atoms with Crippen LogP contribution in [-0.4, -0.2) is 14.2 Å². The van der Waals surface area contributed by atoms with Crippen LogP contribution in [0.5, 0.6) is 0 Å². The summed E-state index contributed by atoms with van der Waals surface area (Å²) in [7, 11) is 0. The van der Waals surface area contributed by atoms with Gasteiger partial charge in [0.25, 0.3) is 0 Å². The third kappa shape index (κ3) is 1.32. The fourth-order valence-electron chi connectivity index (χ4n) is 1.64. The molecule has 0 aliphatic heterocycles. The van der Waals surface area contributed by atoms with Gasteiger partial charge in [0.05, 0.1) is 6.20 Å². The van der Waals surface area contributed by atoms with E-state index in [1.165, 1.54) is 0 Å². The summed E-state index contributed by atoms with van der Waals surface area (Å²) in [5.41, 5.74) is 2.12. The predicted molar refractivity (Wildman–Crippen MR) is 59.5 cm³/mol. The normalized spacial score (nSPS) is 11.0. The van der Waals surface area contributed by atoms with Gasteiger partial charge in [0.15, 0.2) is 0 Å². The molecule has 2 aromatic heterocycles. The number of rotatable bonds is 1. The zero-order chi connectivity index (χ0) is 10.3. The minimum absolute atomic E-state index is 0.746. The van der Waals surface area contributed by atoms with Gasteiger partial charge < -0.3 is 4.57 Å². The molecular weight excluding hydrogens is 210 g/mol. The van der Waals surface area contributed by atoms with E-state index >= 15 is 0 Å². The van der Waals surface area contributed by atoms with Crippen LogP contribution in [0, 0.1) is 0 Å². The second kappa shape index (κ2) is 3.14. The SMILES string of the molecule is Clc1ccc(-n2ccn3nccc23)cc1. The first-order valence-corrected chi connectivity index (χ1v) is 4.99. The van der Waals surface area contributed by atoms with Crippen molar-refractivity contribution in [3.63, 3.8) is 0 Å². The lowest BCUT2D eigenvalue weighted by Gasteiger charge is -2.02. The average molecular weight is 218 g/mol. The Kier molecular flexibility index (Phi) is 1.79. The molecule has 0 amide bonds. The molecule has 0 N–H and O–H groups in total. The van der Waals surface area contributed by atoms with Crippen LogP contribution in [0.15, 0.2) is 48.9 Å². The molecule has 0 spiro atoms. The van der Waals surface area contributed by atoms with Crippen LogP contribution in [-0.2, 0) is 0 Å². The summed E-state index contributed by atoms with van der Waals surface area (Å²) in [6, 6.07) is 9.69. The molecule has 3 aromatic rings. The van der Waals surface area contributed by atoms with E-state index in [9.17, 15) is 0 Å².